The molecule has 5 nitrogen and oxygen atoms in total. The van der Waals surface area contributed by atoms with Gasteiger partial charge in [-0.05, 0) is 37.1 Å². The molecule has 0 fully saturated rings. The number of rotatable bonds is 3. The number of carbonyl (C=O) groups excluding carboxylic acids is 1. The maximum absolute atomic E-state index is 11.1. The first-order valence-corrected chi connectivity index (χ1v) is 6.24. The number of methoxy groups -OCH3 is 1. The summed E-state index contributed by atoms with van der Waals surface area (Å²) in [4.78, 5) is 15.3. The molecule has 1 heterocycles. The van der Waals surface area contributed by atoms with Gasteiger partial charge in [-0.2, -0.15) is 0 Å². The molecule has 0 atom stereocenters. The summed E-state index contributed by atoms with van der Waals surface area (Å²) in [5.41, 5.74) is 3.95. The Morgan fingerprint density at radius 1 is 1.15 bits per heavy atom. The van der Waals surface area contributed by atoms with E-state index in [1.807, 2.05) is 32.0 Å². The lowest BCUT2D eigenvalue weighted by Gasteiger charge is -2.12. The van der Waals surface area contributed by atoms with Crippen molar-refractivity contribution in [1.29, 1.82) is 0 Å². The number of hydrogen-bond acceptors (Lipinski definition) is 4. The van der Waals surface area contributed by atoms with E-state index in [2.05, 4.69) is 20.4 Å². The van der Waals surface area contributed by atoms with E-state index in [9.17, 15) is 4.79 Å². The highest BCUT2D eigenvalue weighted by molar-refractivity contribution is 5.84. The van der Waals surface area contributed by atoms with Crippen LogP contribution in [0.25, 0.3) is 0 Å². The minimum Gasteiger partial charge on any atom is -0.453 e. The number of ether oxygens (including phenoxy) is 1. The topological polar surface area (TPSA) is 63.2 Å². The van der Waals surface area contributed by atoms with Gasteiger partial charge in [0, 0.05) is 5.69 Å². The van der Waals surface area contributed by atoms with Crippen molar-refractivity contribution in [3.63, 3.8) is 0 Å². The van der Waals surface area contributed by atoms with Gasteiger partial charge in [-0.1, -0.05) is 18.2 Å². The van der Waals surface area contributed by atoms with Crippen molar-refractivity contribution >= 4 is 23.3 Å². The Kier molecular flexibility index (Phi) is 4.20. The highest BCUT2D eigenvalue weighted by Gasteiger charge is 2.04. The summed E-state index contributed by atoms with van der Waals surface area (Å²) in [6, 6.07) is 9.68. The Labute approximate surface area is 118 Å². The maximum atomic E-state index is 11.1. The number of amides is 1. The fraction of sp³-hybridized carbons (Fsp3) is 0.200. The monoisotopic (exact) mass is 271 g/mol. The van der Waals surface area contributed by atoms with Crippen LogP contribution < -0.4 is 10.6 Å². The van der Waals surface area contributed by atoms with Crippen molar-refractivity contribution < 1.29 is 9.53 Å². The van der Waals surface area contributed by atoms with Crippen LogP contribution in [0.1, 0.15) is 11.1 Å². The highest BCUT2D eigenvalue weighted by atomic mass is 16.5. The van der Waals surface area contributed by atoms with Gasteiger partial charge in [0.2, 0.25) is 0 Å². The lowest BCUT2D eigenvalue weighted by Crippen LogP contribution is -2.11. The van der Waals surface area contributed by atoms with E-state index in [0.717, 1.165) is 22.6 Å². The second-order valence-electron chi connectivity index (χ2n) is 4.44. The molecule has 2 N–H and O–H groups in total. The van der Waals surface area contributed by atoms with Gasteiger partial charge >= 0.3 is 6.09 Å². The number of nitrogens with zero attached hydrogens (tertiary/aromatic N) is 1. The minimum atomic E-state index is -0.512. The number of anilines is 3. The Morgan fingerprint density at radius 2 is 1.85 bits per heavy atom. The van der Waals surface area contributed by atoms with E-state index in [4.69, 9.17) is 0 Å². The molecule has 0 saturated heterocycles. The maximum Gasteiger partial charge on any atom is 0.411 e. The zero-order valence-corrected chi connectivity index (χ0v) is 11.7. The molecule has 5 heteroatoms. The normalized spacial score (nSPS) is 9.95. The van der Waals surface area contributed by atoms with Crippen LogP contribution in [0.15, 0.2) is 36.5 Å². The third-order valence-corrected chi connectivity index (χ3v) is 2.93. The summed E-state index contributed by atoms with van der Waals surface area (Å²) >= 11 is 0. The van der Waals surface area contributed by atoms with E-state index >= 15 is 0 Å². The van der Waals surface area contributed by atoms with Gasteiger partial charge in [-0.25, -0.2) is 9.78 Å². The smallest absolute Gasteiger partial charge is 0.411 e. The Balaban J connectivity index is 2.13. The van der Waals surface area contributed by atoms with Gasteiger partial charge in [-0.15, -0.1) is 0 Å². The van der Waals surface area contributed by atoms with Gasteiger partial charge in [0.15, 0.2) is 0 Å². The quantitative estimate of drug-likeness (QED) is 0.895. The van der Waals surface area contributed by atoms with E-state index in [-0.39, 0.29) is 0 Å². The van der Waals surface area contributed by atoms with E-state index in [0.29, 0.717) is 5.69 Å². The van der Waals surface area contributed by atoms with Gasteiger partial charge < -0.3 is 10.1 Å². The minimum absolute atomic E-state index is 0.512. The van der Waals surface area contributed by atoms with E-state index < -0.39 is 6.09 Å². The Bertz CT molecular complexity index is 589. The summed E-state index contributed by atoms with van der Waals surface area (Å²) in [6.45, 7) is 4.09. The molecule has 1 amide bonds. The number of aryl methyl sites for hydroxylation is 2. The van der Waals surface area contributed by atoms with Crippen molar-refractivity contribution in [3.8, 4) is 0 Å². The summed E-state index contributed by atoms with van der Waals surface area (Å²) in [7, 11) is 1.32. The predicted octanol–water partition coefficient (Wildman–Crippen LogP) is 3.62. The molecule has 0 radical (unpaired) electrons. The lowest BCUT2D eigenvalue weighted by atomic mass is 10.1. The summed E-state index contributed by atoms with van der Waals surface area (Å²) in [6.07, 6.45) is 1.06. The van der Waals surface area contributed by atoms with Crippen LogP contribution in [0.3, 0.4) is 0 Å². The fourth-order valence-electron chi connectivity index (χ4n) is 1.85. The first-order chi connectivity index (χ1) is 9.60. The SMILES string of the molecule is COC(=O)Nc1ccc(Nc2c(C)cccc2C)nc1. The largest absolute Gasteiger partial charge is 0.453 e. The molecule has 20 heavy (non-hydrogen) atoms. The Hall–Kier alpha value is -2.56. The van der Waals surface area contributed by atoms with Gasteiger partial charge in [0.1, 0.15) is 5.82 Å². The highest BCUT2D eigenvalue weighted by Crippen LogP contribution is 2.23. The van der Waals surface area contributed by atoms with Crippen molar-refractivity contribution in [3.05, 3.63) is 47.7 Å². The molecule has 2 rings (SSSR count). The molecule has 1 aromatic carbocycles. The van der Waals surface area contributed by atoms with Crippen LogP contribution in [0.2, 0.25) is 0 Å². The Morgan fingerprint density at radius 3 is 2.40 bits per heavy atom. The second kappa shape index (κ2) is 6.06. The van der Waals surface area contributed by atoms with Gasteiger partial charge in [0.25, 0.3) is 0 Å². The molecule has 0 aliphatic carbocycles. The number of benzene rings is 1. The molecule has 1 aromatic heterocycles. The zero-order valence-electron chi connectivity index (χ0n) is 11.7. The molecular weight excluding hydrogens is 254 g/mol. The average molecular weight is 271 g/mol. The molecule has 0 saturated carbocycles. The summed E-state index contributed by atoms with van der Waals surface area (Å²) < 4.78 is 4.52. The molecule has 104 valence electrons. The fourth-order valence-corrected chi connectivity index (χ4v) is 1.85. The number of aromatic nitrogens is 1. The standard InChI is InChI=1S/C15H17N3O2/c1-10-5-4-6-11(2)14(10)18-13-8-7-12(9-16-13)17-15(19)20-3/h4-9H,1-3H3,(H,16,18)(H,17,19). The molecule has 0 aliphatic heterocycles. The molecule has 2 aromatic rings. The van der Waals surface area contributed by atoms with E-state index in [1.165, 1.54) is 7.11 Å². The first kappa shape index (κ1) is 13.9. The van der Waals surface area contributed by atoms with Crippen LogP contribution in [0, 0.1) is 13.8 Å². The number of carbonyl (C=O) groups is 1. The van der Waals surface area contributed by atoms with Crippen molar-refractivity contribution in [1.82, 2.24) is 4.98 Å². The number of nitrogens with one attached hydrogen (secondary N) is 2. The van der Waals surface area contributed by atoms with Crippen molar-refractivity contribution in [2.24, 2.45) is 0 Å². The molecule has 0 aliphatic rings. The van der Waals surface area contributed by atoms with E-state index in [1.54, 1.807) is 18.3 Å². The number of para-hydroxylation sites is 1. The number of hydrogen-bond donors (Lipinski definition) is 2. The van der Waals surface area contributed by atoms with Crippen molar-refractivity contribution in [2.75, 3.05) is 17.7 Å². The number of pyridine rings is 1. The average Bonchev–Trinajstić information content (AvgIpc) is 2.44. The van der Waals surface area contributed by atoms with Gasteiger partial charge in [0.05, 0.1) is 19.0 Å². The molecule has 0 spiro atoms. The first-order valence-electron chi connectivity index (χ1n) is 6.24. The summed E-state index contributed by atoms with van der Waals surface area (Å²) in [5.74, 6) is 0.720. The predicted molar refractivity (Wildman–Crippen MR) is 79.5 cm³/mol. The van der Waals surface area contributed by atoms with Crippen LogP contribution in [-0.2, 0) is 4.74 Å². The van der Waals surface area contributed by atoms with Crippen LogP contribution in [0.4, 0.5) is 22.0 Å². The summed E-state index contributed by atoms with van der Waals surface area (Å²) in [5, 5.41) is 5.83. The third-order valence-electron chi connectivity index (χ3n) is 2.93. The second-order valence-corrected chi connectivity index (χ2v) is 4.44. The third kappa shape index (κ3) is 3.26. The van der Waals surface area contributed by atoms with Gasteiger partial charge in [-0.3, -0.25) is 5.32 Å². The molecule has 0 bridgehead atoms. The van der Waals surface area contributed by atoms with Crippen LogP contribution in [-0.4, -0.2) is 18.2 Å². The van der Waals surface area contributed by atoms with Crippen LogP contribution in [0.5, 0.6) is 0 Å². The molecule has 0 unspecified atom stereocenters. The molecular formula is C15H17N3O2. The van der Waals surface area contributed by atoms with Crippen LogP contribution >= 0.6 is 0 Å². The van der Waals surface area contributed by atoms with Crippen molar-refractivity contribution in [2.45, 2.75) is 13.8 Å². The zero-order chi connectivity index (χ0) is 14.5. The lowest BCUT2D eigenvalue weighted by molar-refractivity contribution is 0.187.